The molecule has 132 valence electrons. The first-order chi connectivity index (χ1) is 11.8. The molecule has 0 saturated heterocycles. The lowest BCUT2D eigenvalue weighted by atomic mass is 9.87. The zero-order valence-electron chi connectivity index (χ0n) is 15.3. The maximum absolute atomic E-state index is 12.0. The number of rotatable bonds is 5. The molecule has 4 heteroatoms. The Hall–Kier alpha value is -2.62. The van der Waals surface area contributed by atoms with Crippen molar-refractivity contribution in [3.8, 4) is 0 Å². The van der Waals surface area contributed by atoms with Gasteiger partial charge in [-0.1, -0.05) is 57.2 Å². The van der Waals surface area contributed by atoms with Crippen molar-refractivity contribution in [2.24, 2.45) is 0 Å². The molecule has 2 aromatic rings. The van der Waals surface area contributed by atoms with Crippen LogP contribution in [-0.4, -0.2) is 18.5 Å². The lowest BCUT2D eigenvalue weighted by molar-refractivity contribution is -0.124. The normalized spacial score (nSPS) is 11.0. The van der Waals surface area contributed by atoms with Crippen LogP contribution in [-0.2, 0) is 21.5 Å². The van der Waals surface area contributed by atoms with E-state index in [1.807, 2.05) is 43.3 Å². The van der Waals surface area contributed by atoms with Crippen molar-refractivity contribution in [2.75, 3.05) is 6.61 Å². The van der Waals surface area contributed by atoms with Gasteiger partial charge >= 0.3 is 5.97 Å². The number of hydrogen-bond donors (Lipinski definition) is 1. The van der Waals surface area contributed by atoms with E-state index in [0.29, 0.717) is 12.1 Å². The van der Waals surface area contributed by atoms with Crippen molar-refractivity contribution < 1.29 is 14.3 Å². The molecule has 2 rings (SSSR count). The fourth-order valence-electron chi connectivity index (χ4n) is 2.37. The summed E-state index contributed by atoms with van der Waals surface area (Å²) in [5.74, 6) is -0.811. The van der Waals surface area contributed by atoms with E-state index in [4.69, 9.17) is 4.74 Å². The Morgan fingerprint density at radius 1 is 1.00 bits per heavy atom. The number of carbonyl (C=O) groups is 2. The summed E-state index contributed by atoms with van der Waals surface area (Å²) in [4.78, 5) is 23.9. The SMILES string of the molecule is Cc1ccccc1CNC(=O)COC(=O)c1ccc(C(C)(C)C)cc1. The zero-order chi connectivity index (χ0) is 18.4. The van der Waals surface area contributed by atoms with Gasteiger partial charge in [-0.05, 0) is 41.2 Å². The molecule has 1 amide bonds. The maximum atomic E-state index is 12.0. The van der Waals surface area contributed by atoms with E-state index in [9.17, 15) is 9.59 Å². The summed E-state index contributed by atoms with van der Waals surface area (Å²) in [6, 6.07) is 15.1. The minimum absolute atomic E-state index is 0.0257. The molecule has 0 saturated carbocycles. The molecule has 0 aliphatic carbocycles. The molecule has 0 aliphatic rings. The van der Waals surface area contributed by atoms with Gasteiger partial charge in [0.1, 0.15) is 0 Å². The van der Waals surface area contributed by atoms with Gasteiger partial charge in [-0.2, -0.15) is 0 Å². The molecule has 0 unspecified atom stereocenters. The van der Waals surface area contributed by atoms with Crippen molar-refractivity contribution in [3.05, 3.63) is 70.8 Å². The molecule has 0 fully saturated rings. The van der Waals surface area contributed by atoms with Gasteiger partial charge in [-0.3, -0.25) is 4.79 Å². The standard InChI is InChI=1S/C21H25NO3/c1-15-7-5-6-8-17(15)13-22-19(23)14-25-20(24)16-9-11-18(12-10-16)21(2,3)4/h5-12H,13-14H2,1-4H3,(H,22,23). The summed E-state index contributed by atoms with van der Waals surface area (Å²) in [6.07, 6.45) is 0. The molecule has 25 heavy (non-hydrogen) atoms. The predicted octanol–water partition coefficient (Wildman–Crippen LogP) is 3.77. The van der Waals surface area contributed by atoms with E-state index in [-0.39, 0.29) is 17.9 Å². The molecule has 1 N–H and O–H groups in total. The summed E-state index contributed by atoms with van der Waals surface area (Å²) in [7, 11) is 0. The molecule has 0 aromatic heterocycles. The first-order valence-corrected chi connectivity index (χ1v) is 8.36. The molecule has 2 aromatic carbocycles. The fourth-order valence-corrected chi connectivity index (χ4v) is 2.37. The second-order valence-electron chi connectivity index (χ2n) is 7.11. The summed E-state index contributed by atoms with van der Waals surface area (Å²) >= 11 is 0. The molecule has 0 spiro atoms. The molecular formula is C21H25NO3. The van der Waals surface area contributed by atoms with Crippen molar-refractivity contribution in [1.82, 2.24) is 5.32 Å². The van der Waals surface area contributed by atoms with Gasteiger partial charge in [0, 0.05) is 6.54 Å². The van der Waals surface area contributed by atoms with E-state index in [2.05, 4.69) is 26.1 Å². The monoisotopic (exact) mass is 339 g/mol. The van der Waals surface area contributed by atoms with E-state index in [0.717, 1.165) is 16.7 Å². The molecule has 0 atom stereocenters. The lowest BCUT2D eigenvalue weighted by Gasteiger charge is -2.18. The highest BCUT2D eigenvalue weighted by Gasteiger charge is 2.15. The number of ether oxygens (including phenoxy) is 1. The lowest BCUT2D eigenvalue weighted by Crippen LogP contribution is -2.28. The smallest absolute Gasteiger partial charge is 0.338 e. The van der Waals surface area contributed by atoms with E-state index in [1.165, 1.54) is 0 Å². The third kappa shape index (κ3) is 5.45. The van der Waals surface area contributed by atoms with Crippen LogP contribution in [0.2, 0.25) is 0 Å². The maximum Gasteiger partial charge on any atom is 0.338 e. The first-order valence-electron chi connectivity index (χ1n) is 8.36. The molecule has 4 nitrogen and oxygen atoms in total. The van der Waals surface area contributed by atoms with Gasteiger partial charge in [-0.15, -0.1) is 0 Å². The van der Waals surface area contributed by atoms with Gasteiger partial charge in [0.15, 0.2) is 6.61 Å². The van der Waals surface area contributed by atoms with Gasteiger partial charge in [0.2, 0.25) is 0 Å². The van der Waals surface area contributed by atoms with E-state index >= 15 is 0 Å². The Morgan fingerprint density at radius 3 is 2.24 bits per heavy atom. The Balaban J connectivity index is 1.83. The highest BCUT2D eigenvalue weighted by atomic mass is 16.5. The Bertz CT molecular complexity index is 742. The minimum atomic E-state index is -0.494. The average Bonchev–Trinajstić information content (AvgIpc) is 2.58. The molecule has 0 bridgehead atoms. The predicted molar refractivity (Wildman–Crippen MR) is 98.5 cm³/mol. The van der Waals surface area contributed by atoms with E-state index in [1.54, 1.807) is 12.1 Å². The molecular weight excluding hydrogens is 314 g/mol. The third-order valence-corrected chi connectivity index (χ3v) is 4.06. The Labute approximate surface area is 149 Å². The topological polar surface area (TPSA) is 55.4 Å². The summed E-state index contributed by atoms with van der Waals surface area (Å²) in [5, 5.41) is 2.76. The highest BCUT2D eigenvalue weighted by molar-refractivity contribution is 5.91. The minimum Gasteiger partial charge on any atom is -0.452 e. The van der Waals surface area contributed by atoms with Crippen LogP contribution < -0.4 is 5.32 Å². The number of amides is 1. The second kappa shape index (κ2) is 7.97. The first kappa shape index (κ1) is 18.7. The van der Waals surface area contributed by atoms with Crippen LogP contribution in [0.1, 0.15) is 47.8 Å². The number of carbonyl (C=O) groups excluding carboxylic acids is 2. The van der Waals surface area contributed by atoms with Crippen LogP contribution >= 0.6 is 0 Å². The number of esters is 1. The van der Waals surface area contributed by atoms with Crippen molar-refractivity contribution in [3.63, 3.8) is 0 Å². The number of hydrogen-bond acceptors (Lipinski definition) is 3. The van der Waals surface area contributed by atoms with Crippen LogP contribution in [0.4, 0.5) is 0 Å². The third-order valence-electron chi connectivity index (χ3n) is 4.06. The van der Waals surface area contributed by atoms with Gasteiger partial charge in [-0.25, -0.2) is 4.79 Å². The molecule has 0 aliphatic heterocycles. The quantitative estimate of drug-likeness (QED) is 0.844. The van der Waals surface area contributed by atoms with Crippen molar-refractivity contribution >= 4 is 11.9 Å². The molecule has 0 heterocycles. The Morgan fingerprint density at radius 2 is 1.64 bits per heavy atom. The van der Waals surface area contributed by atoms with Gasteiger partial charge in [0.05, 0.1) is 5.56 Å². The van der Waals surface area contributed by atoms with Crippen LogP contribution in [0, 0.1) is 6.92 Å². The van der Waals surface area contributed by atoms with E-state index < -0.39 is 5.97 Å². The average molecular weight is 339 g/mol. The summed E-state index contributed by atoms with van der Waals surface area (Å²) in [5.41, 5.74) is 3.76. The summed E-state index contributed by atoms with van der Waals surface area (Å²) < 4.78 is 5.08. The van der Waals surface area contributed by atoms with Gasteiger partial charge < -0.3 is 10.1 Å². The van der Waals surface area contributed by atoms with Crippen molar-refractivity contribution in [1.29, 1.82) is 0 Å². The number of aryl methyl sites for hydroxylation is 1. The van der Waals surface area contributed by atoms with Gasteiger partial charge in [0.25, 0.3) is 5.91 Å². The summed E-state index contributed by atoms with van der Waals surface area (Å²) in [6.45, 7) is 8.45. The second-order valence-corrected chi connectivity index (χ2v) is 7.11. The Kier molecular flexibility index (Phi) is 5.97. The molecule has 0 radical (unpaired) electrons. The largest absolute Gasteiger partial charge is 0.452 e. The fraction of sp³-hybridized carbons (Fsp3) is 0.333. The van der Waals surface area contributed by atoms with Crippen LogP contribution in [0.25, 0.3) is 0 Å². The van der Waals surface area contributed by atoms with Crippen LogP contribution in [0.3, 0.4) is 0 Å². The zero-order valence-corrected chi connectivity index (χ0v) is 15.3. The van der Waals surface area contributed by atoms with Crippen LogP contribution in [0.15, 0.2) is 48.5 Å². The highest BCUT2D eigenvalue weighted by Crippen LogP contribution is 2.22. The number of nitrogens with one attached hydrogen (secondary N) is 1. The van der Waals surface area contributed by atoms with Crippen molar-refractivity contribution in [2.45, 2.75) is 39.7 Å². The van der Waals surface area contributed by atoms with Crippen LogP contribution in [0.5, 0.6) is 0 Å². The number of benzene rings is 2.